The van der Waals surface area contributed by atoms with Crippen LogP contribution in [-0.2, 0) is 4.74 Å². The van der Waals surface area contributed by atoms with Crippen molar-refractivity contribution in [2.45, 2.75) is 32.6 Å². The van der Waals surface area contributed by atoms with Crippen molar-refractivity contribution < 1.29 is 18.9 Å². The molecule has 0 spiro atoms. The lowest BCUT2D eigenvalue weighted by molar-refractivity contribution is 0.0368. The lowest BCUT2D eigenvalue weighted by atomic mass is 10.0. The van der Waals surface area contributed by atoms with Crippen molar-refractivity contribution in [3.8, 4) is 17.2 Å². The molecule has 2 heterocycles. The van der Waals surface area contributed by atoms with Crippen molar-refractivity contribution in [3.05, 3.63) is 17.7 Å². The van der Waals surface area contributed by atoms with E-state index in [0.717, 1.165) is 69.5 Å². The Kier molecular flexibility index (Phi) is 5.62. The van der Waals surface area contributed by atoms with Crippen molar-refractivity contribution >= 4 is 0 Å². The molecule has 1 fully saturated rings. The molecular weight excluding hydrogens is 294 g/mol. The smallest absolute Gasteiger partial charge is 0.231 e. The summed E-state index contributed by atoms with van der Waals surface area (Å²) in [5, 5.41) is 0. The third kappa shape index (κ3) is 4.30. The monoisotopic (exact) mass is 321 g/mol. The topological polar surface area (TPSA) is 40.2 Å². The van der Waals surface area contributed by atoms with Gasteiger partial charge in [0, 0.05) is 24.7 Å². The predicted octanol–water partition coefficient (Wildman–Crippen LogP) is 3.03. The number of hydrogen-bond donors (Lipinski definition) is 0. The zero-order valence-electron chi connectivity index (χ0n) is 14.2. The Morgan fingerprint density at radius 2 is 1.83 bits per heavy atom. The zero-order chi connectivity index (χ0) is 16.1. The van der Waals surface area contributed by atoms with Gasteiger partial charge < -0.3 is 18.9 Å². The first-order valence-electron chi connectivity index (χ1n) is 8.60. The van der Waals surface area contributed by atoms with Gasteiger partial charge in [-0.1, -0.05) is 13.8 Å². The third-order valence-corrected chi connectivity index (χ3v) is 4.36. The van der Waals surface area contributed by atoms with Crippen molar-refractivity contribution in [3.63, 3.8) is 0 Å². The van der Waals surface area contributed by atoms with Gasteiger partial charge in [-0.25, -0.2) is 0 Å². The number of unbranched alkanes of at least 4 members (excludes halogenated alkanes) is 1. The van der Waals surface area contributed by atoms with Gasteiger partial charge in [0.2, 0.25) is 6.79 Å². The molecule has 2 aliphatic heterocycles. The molecule has 1 saturated heterocycles. The highest BCUT2D eigenvalue weighted by Gasteiger charge is 2.19. The average Bonchev–Trinajstić information content (AvgIpc) is 3.02. The number of morpholine rings is 1. The molecule has 5 heteroatoms. The molecule has 0 radical (unpaired) electrons. The molecule has 23 heavy (non-hydrogen) atoms. The van der Waals surface area contributed by atoms with Gasteiger partial charge in [0.25, 0.3) is 0 Å². The van der Waals surface area contributed by atoms with Gasteiger partial charge >= 0.3 is 0 Å². The molecule has 2 aliphatic rings. The van der Waals surface area contributed by atoms with Crippen LogP contribution in [0.1, 0.15) is 38.2 Å². The lowest BCUT2D eigenvalue weighted by Crippen LogP contribution is -2.36. The standard InChI is InChI=1S/C18H27NO4/c1-14(2)15-11-17-18(23-13-22-17)12-16(15)21-8-4-3-5-19-6-9-20-10-7-19/h11-12,14H,3-10,13H2,1-2H3. The molecule has 0 aliphatic carbocycles. The molecule has 0 aromatic heterocycles. The maximum atomic E-state index is 6.03. The Balaban J connectivity index is 1.47. The van der Waals surface area contributed by atoms with Gasteiger partial charge in [-0.3, -0.25) is 4.90 Å². The van der Waals surface area contributed by atoms with Crippen molar-refractivity contribution in [1.82, 2.24) is 4.90 Å². The number of fused-ring (bicyclic) bond motifs is 1. The number of hydrogen-bond acceptors (Lipinski definition) is 5. The largest absolute Gasteiger partial charge is 0.493 e. The fourth-order valence-corrected chi connectivity index (χ4v) is 2.96. The van der Waals surface area contributed by atoms with Crippen molar-refractivity contribution in [2.24, 2.45) is 0 Å². The van der Waals surface area contributed by atoms with Crippen LogP contribution in [0.25, 0.3) is 0 Å². The summed E-state index contributed by atoms with van der Waals surface area (Å²) in [6, 6.07) is 4.02. The van der Waals surface area contributed by atoms with Crippen LogP contribution < -0.4 is 14.2 Å². The normalized spacial score (nSPS) is 17.7. The minimum atomic E-state index is 0.301. The highest BCUT2D eigenvalue weighted by Crippen LogP contribution is 2.40. The van der Waals surface area contributed by atoms with E-state index in [-0.39, 0.29) is 0 Å². The summed E-state index contributed by atoms with van der Waals surface area (Å²) < 4.78 is 22.3. The molecule has 3 rings (SSSR count). The number of nitrogens with zero attached hydrogens (tertiary/aromatic N) is 1. The first kappa shape index (κ1) is 16.4. The summed E-state index contributed by atoms with van der Waals surface area (Å²) in [6.07, 6.45) is 2.21. The molecule has 5 nitrogen and oxygen atoms in total. The number of benzene rings is 1. The Morgan fingerprint density at radius 3 is 2.57 bits per heavy atom. The summed E-state index contributed by atoms with van der Waals surface area (Å²) in [4.78, 5) is 2.46. The Bertz CT molecular complexity index is 512. The number of ether oxygens (including phenoxy) is 4. The fourth-order valence-electron chi connectivity index (χ4n) is 2.96. The van der Waals surface area contributed by atoms with Crippen LogP contribution in [0, 0.1) is 0 Å². The second-order valence-electron chi connectivity index (χ2n) is 6.41. The second-order valence-corrected chi connectivity index (χ2v) is 6.41. The van der Waals surface area contributed by atoms with E-state index in [1.165, 1.54) is 5.56 Å². The molecule has 0 unspecified atom stereocenters. The van der Waals surface area contributed by atoms with Crippen molar-refractivity contribution in [1.29, 1.82) is 0 Å². The highest BCUT2D eigenvalue weighted by atomic mass is 16.7. The average molecular weight is 321 g/mol. The quantitative estimate of drug-likeness (QED) is 0.722. The van der Waals surface area contributed by atoms with Gasteiger partial charge in [-0.05, 0) is 31.4 Å². The van der Waals surface area contributed by atoms with Crippen LogP contribution in [0.2, 0.25) is 0 Å². The van der Waals surface area contributed by atoms with Crippen LogP contribution in [-0.4, -0.2) is 51.1 Å². The SMILES string of the molecule is CC(C)c1cc2c(cc1OCCCCN1CCOCC1)OCO2. The summed E-state index contributed by atoms with van der Waals surface area (Å²) in [6.45, 7) is 10.4. The molecule has 0 bridgehead atoms. The highest BCUT2D eigenvalue weighted by molar-refractivity contribution is 5.52. The van der Waals surface area contributed by atoms with Gasteiger partial charge in [0.1, 0.15) is 5.75 Å². The third-order valence-electron chi connectivity index (χ3n) is 4.36. The van der Waals surface area contributed by atoms with E-state index in [1.807, 2.05) is 6.07 Å². The summed E-state index contributed by atoms with van der Waals surface area (Å²) in [5.41, 5.74) is 1.18. The van der Waals surface area contributed by atoms with E-state index < -0.39 is 0 Å². The first-order valence-corrected chi connectivity index (χ1v) is 8.60. The minimum absolute atomic E-state index is 0.301. The molecule has 128 valence electrons. The van der Waals surface area contributed by atoms with E-state index in [1.54, 1.807) is 0 Å². The summed E-state index contributed by atoms with van der Waals surface area (Å²) in [7, 11) is 0. The second kappa shape index (κ2) is 7.88. The van der Waals surface area contributed by atoms with Gasteiger partial charge in [0.15, 0.2) is 11.5 Å². The first-order chi connectivity index (χ1) is 11.2. The maximum absolute atomic E-state index is 6.03. The number of rotatable bonds is 7. The van der Waals surface area contributed by atoms with Gasteiger partial charge in [-0.2, -0.15) is 0 Å². The van der Waals surface area contributed by atoms with Gasteiger partial charge in [0.05, 0.1) is 19.8 Å². The Labute approximate surface area is 138 Å². The van der Waals surface area contributed by atoms with E-state index in [9.17, 15) is 0 Å². The molecular formula is C18H27NO4. The van der Waals surface area contributed by atoms with Crippen LogP contribution in [0.15, 0.2) is 12.1 Å². The molecule has 0 saturated carbocycles. The minimum Gasteiger partial charge on any atom is -0.493 e. The zero-order valence-corrected chi connectivity index (χ0v) is 14.2. The van der Waals surface area contributed by atoms with E-state index in [0.29, 0.717) is 12.7 Å². The van der Waals surface area contributed by atoms with Crippen LogP contribution in [0.5, 0.6) is 17.2 Å². The molecule has 0 amide bonds. The lowest BCUT2D eigenvalue weighted by Gasteiger charge is -2.26. The molecule has 0 atom stereocenters. The summed E-state index contributed by atoms with van der Waals surface area (Å²) >= 11 is 0. The Morgan fingerprint density at radius 1 is 1.09 bits per heavy atom. The van der Waals surface area contributed by atoms with Crippen molar-refractivity contribution in [2.75, 3.05) is 46.2 Å². The molecule has 1 aromatic carbocycles. The van der Waals surface area contributed by atoms with Gasteiger partial charge in [-0.15, -0.1) is 0 Å². The van der Waals surface area contributed by atoms with Crippen LogP contribution in [0.3, 0.4) is 0 Å². The molecule has 1 aromatic rings. The van der Waals surface area contributed by atoms with Crippen LogP contribution in [0.4, 0.5) is 0 Å². The predicted molar refractivity (Wildman–Crippen MR) is 88.6 cm³/mol. The van der Waals surface area contributed by atoms with E-state index in [2.05, 4.69) is 24.8 Å². The van der Waals surface area contributed by atoms with Crippen LogP contribution >= 0.6 is 0 Å². The molecule has 0 N–H and O–H groups in total. The summed E-state index contributed by atoms with van der Waals surface area (Å²) in [5.74, 6) is 2.94. The Hall–Kier alpha value is -1.46. The van der Waals surface area contributed by atoms with E-state index in [4.69, 9.17) is 18.9 Å². The fraction of sp³-hybridized carbons (Fsp3) is 0.667. The van der Waals surface area contributed by atoms with E-state index >= 15 is 0 Å². The maximum Gasteiger partial charge on any atom is 0.231 e.